The van der Waals surface area contributed by atoms with Crippen LogP contribution in [0.4, 0.5) is 13.2 Å². The van der Waals surface area contributed by atoms with Crippen LogP contribution in [-0.2, 0) is 0 Å². The number of nitrogens with zero attached hydrogens (tertiary/aromatic N) is 1. The van der Waals surface area contributed by atoms with E-state index in [1.807, 2.05) is 0 Å². The largest absolute Gasteiger partial charge is 0.408 e. The van der Waals surface area contributed by atoms with Crippen LogP contribution in [0.15, 0.2) is 0 Å². The average molecular weight is 196 g/mol. The fourth-order valence-corrected chi connectivity index (χ4v) is 1.90. The van der Waals surface area contributed by atoms with Crippen molar-refractivity contribution in [2.45, 2.75) is 31.0 Å². The van der Waals surface area contributed by atoms with Gasteiger partial charge in [0, 0.05) is 6.54 Å². The summed E-state index contributed by atoms with van der Waals surface area (Å²) in [5, 5.41) is 0. The second-order valence-corrected chi connectivity index (χ2v) is 3.61. The fourth-order valence-electron chi connectivity index (χ4n) is 1.90. The number of rotatable bonds is 1. The summed E-state index contributed by atoms with van der Waals surface area (Å²) < 4.78 is 38.2. The first-order valence-corrected chi connectivity index (χ1v) is 4.42. The van der Waals surface area contributed by atoms with E-state index < -0.39 is 11.7 Å². The van der Waals surface area contributed by atoms with Gasteiger partial charge in [0.25, 0.3) is 0 Å². The highest BCUT2D eigenvalue weighted by atomic mass is 19.4. The van der Waals surface area contributed by atoms with Crippen molar-refractivity contribution in [1.82, 2.24) is 4.90 Å². The van der Waals surface area contributed by atoms with E-state index in [1.54, 1.807) is 0 Å². The maximum absolute atomic E-state index is 12.7. The Kier molecular flexibility index (Phi) is 2.87. The minimum Gasteiger partial charge on any atom is -0.328 e. The maximum atomic E-state index is 12.7. The molecule has 1 saturated heterocycles. The van der Waals surface area contributed by atoms with Crippen LogP contribution in [0.2, 0.25) is 0 Å². The summed E-state index contributed by atoms with van der Waals surface area (Å²) in [7, 11) is 1.50. The highest BCUT2D eigenvalue weighted by molar-refractivity contribution is 4.99. The van der Waals surface area contributed by atoms with Gasteiger partial charge in [0.2, 0.25) is 0 Å². The van der Waals surface area contributed by atoms with Gasteiger partial charge in [-0.15, -0.1) is 0 Å². The average Bonchev–Trinajstić information content (AvgIpc) is 2.03. The third-order valence-electron chi connectivity index (χ3n) is 2.93. The smallest absolute Gasteiger partial charge is 0.328 e. The van der Waals surface area contributed by atoms with Crippen molar-refractivity contribution >= 4 is 0 Å². The molecule has 1 atom stereocenters. The number of piperidine rings is 1. The molecule has 1 rings (SSSR count). The zero-order valence-corrected chi connectivity index (χ0v) is 7.69. The molecule has 1 aliphatic heterocycles. The van der Waals surface area contributed by atoms with Crippen LogP contribution in [0.1, 0.15) is 19.3 Å². The monoisotopic (exact) mass is 196 g/mol. The zero-order valence-electron chi connectivity index (χ0n) is 7.69. The lowest BCUT2D eigenvalue weighted by atomic mass is 9.86. The fraction of sp³-hybridized carbons (Fsp3) is 1.00. The van der Waals surface area contributed by atoms with Crippen LogP contribution in [0, 0.1) is 0 Å². The summed E-state index contributed by atoms with van der Waals surface area (Å²) in [6.45, 7) is 0.143. The summed E-state index contributed by atoms with van der Waals surface area (Å²) in [6.07, 6.45) is -2.64. The molecule has 1 aliphatic rings. The molecule has 13 heavy (non-hydrogen) atoms. The number of alkyl halides is 3. The van der Waals surface area contributed by atoms with E-state index in [-0.39, 0.29) is 13.0 Å². The van der Waals surface area contributed by atoms with Gasteiger partial charge in [-0.25, -0.2) is 0 Å². The van der Waals surface area contributed by atoms with Gasteiger partial charge in [-0.05, 0) is 32.9 Å². The Morgan fingerprint density at radius 3 is 2.31 bits per heavy atom. The predicted molar refractivity (Wildman–Crippen MR) is 44.3 cm³/mol. The van der Waals surface area contributed by atoms with Crippen molar-refractivity contribution in [2.75, 3.05) is 20.1 Å². The first-order valence-electron chi connectivity index (χ1n) is 4.42. The molecule has 0 saturated carbocycles. The van der Waals surface area contributed by atoms with E-state index in [0.717, 1.165) is 6.42 Å². The maximum Gasteiger partial charge on any atom is 0.408 e. The van der Waals surface area contributed by atoms with Gasteiger partial charge in [-0.2, -0.15) is 13.2 Å². The van der Waals surface area contributed by atoms with Crippen molar-refractivity contribution in [3.05, 3.63) is 0 Å². The summed E-state index contributed by atoms with van der Waals surface area (Å²) >= 11 is 0. The lowest BCUT2D eigenvalue weighted by molar-refractivity contribution is -0.233. The van der Waals surface area contributed by atoms with Crippen molar-refractivity contribution < 1.29 is 13.2 Å². The highest BCUT2D eigenvalue weighted by Crippen LogP contribution is 2.40. The minimum absolute atomic E-state index is 0.128. The van der Waals surface area contributed by atoms with Gasteiger partial charge >= 0.3 is 6.18 Å². The molecular weight excluding hydrogens is 181 g/mol. The summed E-state index contributed by atoms with van der Waals surface area (Å²) in [5.41, 5.74) is 3.48. The third-order valence-corrected chi connectivity index (χ3v) is 2.93. The predicted octanol–water partition coefficient (Wildman–Crippen LogP) is 1.36. The Bertz CT molecular complexity index is 181. The molecule has 0 aliphatic carbocycles. The molecule has 0 aromatic rings. The number of hydrogen-bond acceptors (Lipinski definition) is 2. The summed E-state index contributed by atoms with van der Waals surface area (Å²) in [6, 6.07) is 0. The number of likely N-dealkylation sites (N-methyl/N-ethyl adjacent to an activating group) is 1. The molecule has 1 unspecified atom stereocenters. The number of hydrogen-bond donors (Lipinski definition) is 1. The van der Waals surface area contributed by atoms with E-state index in [0.29, 0.717) is 13.0 Å². The summed E-state index contributed by atoms with van der Waals surface area (Å²) in [4.78, 5) is 1.34. The SMILES string of the molecule is CN1CCCCC1(CN)C(F)(F)F. The molecule has 1 fully saturated rings. The van der Waals surface area contributed by atoms with E-state index in [9.17, 15) is 13.2 Å². The molecule has 78 valence electrons. The Hall–Kier alpha value is -0.290. The topological polar surface area (TPSA) is 29.3 Å². The Morgan fingerprint density at radius 2 is 2.00 bits per heavy atom. The van der Waals surface area contributed by atoms with Crippen molar-refractivity contribution in [1.29, 1.82) is 0 Å². The van der Waals surface area contributed by atoms with E-state index in [1.165, 1.54) is 11.9 Å². The molecule has 0 radical (unpaired) electrons. The lowest BCUT2D eigenvalue weighted by Crippen LogP contribution is -2.63. The van der Waals surface area contributed by atoms with Gasteiger partial charge in [-0.1, -0.05) is 0 Å². The molecular formula is C8H15F3N2. The van der Waals surface area contributed by atoms with Crippen LogP contribution in [0.5, 0.6) is 0 Å². The van der Waals surface area contributed by atoms with Crippen molar-refractivity contribution in [3.63, 3.8) is 0 Å². The first kappa shape index (κ1) is 10.8. The van der Waals surface area contributed by atoms with E-state index >= 15 is 0 Å². The second kappa shape index (κ2) is 3.46. The van der Waals surface area contributed by atoms with Gasteiger partial charge < -0.3 is 5.73 Å². The number of halogens is 3. The molecule has 0 aromatic carbocycles. The van der Waals surface area contributed by atoms with Crippen LogP contribution in [0.3, 0.4) is 0 Å². The molecule has 0 amide bonds. The van der Waals surface area contributed by atoms with Gasteiger partial charge in [0.05, 0.1) is 0 Å². The van der Waals surface area contributed by atoms with Crippen LogP contribution >= 0.6 is 0 Å². The van der Waals surface area contributed by atoms with Crippen molar-refractivity contribution in [2.24, 2.45) is 5.73 Å². The van der Waals surface area contributed by atoms with Crippen molar-refractivity contribution in [3.8, 4) is 0 Å². The normalized spacial score (nSPS) is 32.1. The van der Waals surface area contributed by atoms with Gasteiger partial charge in [-0.3, -0.25) is 4.90 Å². The van der Waals surface area contributed by atoms with Gasteiger partial charge in [0.15, 0.2) is 0 Å². The molecule has 5 heteroatoms. The Balaban J connectivity index is 2.89. The summed E-state index contributed by atoms with van der Waals surface area (Å²) in [5.74, 6) is 0. The number of nitrogens with two attached hydrogens (primary N) is 1. The molecule has 0 spiro atoms. The number of likely N-dealkylation sites (tertiary alicyclic amines) is 1. The lowest BCUT2D eigenvalue weighted by Gasteiger charge is -2.45. The molecule has 2 nitrogen and oxygen atoms in total. The zero-order chi connectivity index (χ0) is 10.1. The van der Waals surface area contributed by atoms with Crippen LogP contribution in [-0.4, -0.2) is 36.8 Å². The first-order chi connectivity index (χ1) is 5.94. The standard InChI is InChI=1S/C8H15F3N2/c1-13-5-3-2-4-7(13,6-12)8(9,10)11/h2-6,12H2,1H3. The quantitative estimate of drug-likeness (QED) is 0.686. The Morgan fingerprint density at radius 1 is 1.38 bits per heavy atom. The second-order valence-electron chi connectivity index (χ2n) is 3.61. The Labute approximate surface area is 75.9 Å². The van der Waals surface area contributed by atoms with E-state index in [4.69, 9.17) is 5.73 Å². The third kappa shape index (κ3) is 1.67. The minimum atomic E-state index is -4.21. The molecule has 2 N–H and O–H groups in total. The van der Waals surface area contributed by atoms with Gasteiger partial charge in [0.1, 0.15) is 5.54 Å². The molecule has 0 aromatic heterocycles. The molecule has 0 bridgehead atoms. The van der Waals surface area contributed by atoms with Crippen LogP contribution in [0.25, 0.3) is 0 Å². The molecule has 1 heterocycles. The van der Waals surface area contributed by atoms with Crippen LogP contribution < -0.4 is 5.73 Å². The highest BCUT2D eigenvalue weighted by Gasteiger charge is 2.56. The van der Waals surface area contributed by atoms with E-state index in [2.05, 4.69) is 0 Å².